The molecule has 2 rings (SSSR count). The first kappa shape index (κ1) is 11.0. The van der Waals surface area contributed by atoms with Crippen LogP contribution in [0.15, 0.2) is 22.8 Å². The Balaban J connectivity index is 2.14. The Kier molecular flexibility index (Phi) is 3.04. The Morgan fingerprint density at radius 2 is 2.27 bits per heavy atom. The van der Waals surface area contributed by atoms with Crippen LogP contribution in [0.1, 0.15) is 18.6 Å². The van der Waals surface area contributed by atoms with E-state index < -0.39 is 10.0 Å². The van der Waals surface area contributed by atoms with Crippen LogP contribution in [0, 0.1) is 0 Å². The quantitative estimate of drug-likeness (QED) is 0.748. The van der Waals surface area contributed by atoms with Crippen LogP contribution in [-0.2, 0) is 16.6 Å². The van der Waals surface area contributed by atoms with E-state index in [0.29, 0.717) is 5.76 Å². The lowest BCUT2D eigenvalue weighted by molar-refractivity contribution is 0.358. The van der Waals surface area contributed by atoms with Gasteiger partial charge in [0.15, 0.2) is 0 Å². The summed E-state index contributed by atoms with van der Waals surface area (Å²) in [6.45, 7) is 0.284. The summed E-state index contributed by atoms with van der Waals surface area (Å²) < 4.78 is 29.9. The topological polar surface area (TPSA) is 50.5 Å². The molecule has 0 aliphatic heterocycles. The highest BCUT2D eigenvalue weighted by atomic mass is 35.5. The van der Waals surface area contributed by atoms with E-state index in [1.54, 1.807) is 12.1 Å². The minimum Gasteiger partial charge on any atom is -0.468 e. The zero-order valence-electron chi connectivity index (χ0n) is 8.10. The van der Waals surface area contributed by atoms with Gasteiger partial charge in [-0.15, -0.1) is 11.6 Å². The number of hydrogen-bond acceptors (Lipinski definition) is 3. The molecule has 0 radical (unpaired) electrons. The van der Waals surface area contributed by atoms with Gasteiger partial charge in [0.05, 0.1) is 12.8 Å². The van der Waals surface area contributed by atoms with E-state index in [1.165, 1.54) is 10.6 Å². The number of furan rings is 1. The monoisotopic (exact) mass is 249 g/mol. The van der Waals surface area contributed by atoms with Crippen molar-refractivity contribution in [1.82, 2.24) is 4.31 Å². The van der Waals surface area contributed by atoms with Crippen LogP contribution in [0.2, 0.25) is 0 Å². The van der Waals surface area contributed by atoms with E-state index in [0.717, 1.165) is 12.8 Å². The van der Waals surface area contributed by atoms with Crippen LogP contribution in [-0.4, -0.2) is 24.0 Å². The van der Waals surface area contributed by atoms with Gasteiger partial charge in [-0.3, -0.25) is 0 Å². The van der Waals surface area contributed by atoms with Crippen molar-refractivity contribution in [2.24, 2.45) is 0 Å². The van der Waals surface area contributed by atoms with Gasteiger partial charge in [-0.05, 0) is 25.0 Å². The second-order valence-electron chi connectivity index (χ2n) is 3.58. The second-order valence-corrected chi connectivity index (χ2v) is 6.08. The number of halogens is 1. The van der Waals surface area contributed by atoms with Crippen molar-refractivity contribution in [3.63, 3.8) is 0 Å². The third-order valence-electron chi connectivity index (χ3n) is 2.34. The van der Waals surface area contributed by atoms with Crippen molar-refractivity contribution < 1.29 is 12.8 Å². The molecule has 15 heavy (non-hydrogen) atoms. The van der Waals surface area contributed by atoms with Gasteiger partial charge in [-0.1, -0.05) is 0 Å². The number of sulfonamides is 1. The molecule has 0 saturated heterocycles. The van der Waals surface area contributed by atoms with Gasteiger partial charge in [-0.2, -0.15) is 4.31 Å². The smallest absolute Gasteiger partial charge is 0.228 e. The van der Waals surface area contributed by atoms with Crippen LogP contribution in [0.25, 0.3) is 0 Å². The zero-order valence-corrected chi connectivity index (χ0v) is 9.67. The predicted molar refractivity (Wildman–Crippen MR) is 56.9 cm³/mol. The average Bonchev–Trinajstić information content (AvgIpc) is 2.92. The second kappa shape index (κ2) is 4.15. The third-order valence-corrected chi connectivity index (χ3v) is 4.59. The summed E-state index contributed by atoms with van der Waals surface area (Å²) in [5, 5.41) is -0.371. The molecule has 0 spiro atoms. The van der Waals surface area contributed by atoms with Crippen molar-refractivity contribution >= 4 is 21.6 Å². The fraction of sp³-hybridized carbons (Fsp3) is 0.556. The van der Waals surface area contributed by atoms with Gasteiger partial charge < -0.3 is 4.42 Å². The van der Waals surface area contributed by atoms with Crippen molar-refractivity contribution in [3.05, 3.63) is 24.2 Å². The molecule has 0 atom stereocenters. The maximum atomic E-state index is 11.7. The molecule has 1 aliphatic rings. The summed E-state index contributed by atoms with van der Waals surface area (Å²) in [5.74, 6) is 0.649. The first-order valence-corrected chi connectivity index (χ1v) is 6.86. The number of alkyl halides is 1. The van der Waals surface area contributed by atoms with Gasteiger partial charge in [0.1, 0.15) is 11.0 Å². The van der Waals surface area contributed by atoms with Gasteiger partial charge >= 0.3 is 0 Å². The molecule has 4 nitrogen and oxygen atoms in total. The van der Waals surface area contributed by atoms with E-state index >= 15 is 0 Å². The maximum absolute atomic E-state index is 11.7. The summed E-state index contributed by atoms with van der Waals surface area (Å²) >= 11 is 5.44. The summed E-state index contributed by atoms with van der Waals surface area (Å²) in [5.41, 5.74) is 0. The predicted octanol–water partition coefficient (Wildman–Crippen LogP) is 1.77. The molecule has 0 N–H and O–H groups in total. The summed E-state index contributed by atoms with van der Waals surface area (Å²) in [7, 11) is -3.33. The highest BCUT2D eigenvalue weighted by Gasteiger charge is 2.37. The van der Waals surface area contributed by atoms with Crippen molar-refractivity contribution in [2.45, 2.75) is 25.4 Å². The van der Waals surface area contributed by atoms with Crippen LogP contribution in [0.3, 0.4) is 0 Å². The normalized spacial score (nSPS) is 17.2. The lowest BCUT2D eigenvalue weighted by atomic mass is 10.4. The Hall–Kier alpha value is -0.520. The molecule has 0 aromatic carbocycles. The Bertz CT molecular complexity index is 411. The van der Waals surface area contributed by atoms with Crippen LogP contribution >= 0.6 is 11.6 Å². The third kappa shape index (κ3) is 2.53. The molecular formula is C9H12ClNO3S. The first-order chi connectivity index (χ1) is 7.13. The molecule has 1 heterocycles. The van der Waals surface area contributed by atoms with E-state index in [9.17, 15) is 8.42 Å². The number of nitrogens with zero attached hydrogens (tertiary/aromatic N) is 1. The standard InChI is InChI=1S/C9H12ClNO3S/c10-7-15(12,13)11(8-3-4-8)6-9-2-1-5-14-9/h1-2,5,8H,3-4,6-7H2. The van der Waals surface area contributed by atoms with Gasteiger partial charge in [0.2, 0.25) is 10.0 Å². The molecule has 1 aliphatic carbocycles. The molecule has 1 fully saturated rings. The molecule has 84 valence electrons. The molecular weight excluding hydrogens is 238 g/mol. The molecule has 0 bridgehead atoms. The fourth-order valence-corrected chi connectivity index (χ4v) is 2.93. The van der Waals surface area contributed by atoms with Crippen molar-refractivity contribution in [3.8, 4) is 0 Å². The number of rotatable bonds is 5. The lowest BCUT2D eigenvalue weighted by Gasteiger charge is -2.18. The van der Waals surface area contributed by atoms with E-state index in [-0.39, 0.29) is 17.8 Å². The highest BCUT2D eigenvalue weighted by Crippen LogP contribution is 2.31. The Labute approximate surface area is 93.9 Å². The number of hydrogen-bond donors (Lipinski definition) is 0. The fourth-order valence-electron chi connectivity index (χ4n) is 1.44. The van der Waals surface area contributed by atoms with E-state index in [2.05, 4.69) is 0 Å². The summed E-state index contributed by atoms with van der Waals surface area (Å²) in [4.78, 5) is 0. The Morgan fingerprint density at radius 3 is 2.73 bits per heavy atom. The molecule has 1 saturated carbocycles. The van der Waals surface area contributed by atoms with Crippen molar-refractivity contribution in [2.75, 3.05) is 5.21 Å². The van der Waals surface area contributed by atoms with E-state index in [1.807, 2.05) is 0 Å². The highest BCUT2D eigenvalue weighted by molar-refractivity contribution is 7.90. The molecule has 1 aromatic rings. The molecule has 6 heteroatoms. The summed E-state index contributed by atoms with van der Waals surface area (Å²) in [6.07, 6.45) is 3.36. The van der Waals surface area contributed by atoms with Crippen LogP contribution < -0.4 is 0 Å². The largest absolute Gasteiger partial charge is 0.468 e. The van der Waals surface area contributed by atoms with E-state index in [4.69, 9.17) is 16.0 Å². The minimum atomic E-state index is -3.33. The Morgan fingerprint density at radius 1 is 1.53 bits per heavy atom. The molecule has 0 amide bonds. The van der Waals surface area contributed by atoms with Gasteiger partial charge in [-0.25, -0.2) is 8.42 Å². The van der Waals surface area contributed by atoms with Gasteiger partial charge in [0, 0.05) is 6.04 Å². The molecule has 1 aromatic heterocycles. The van der Waals surface area contributed by atoms with Crippen molar-refractivity contribution in [1.29, 1.82) is 0 Å². The minimum absolute atomic E-state index is 0.110. The summed E-state index contributed by atoms with van der Waals surface area (Å²) in [6, 6.07) is 3.62. The van der Waals surface area contributed by atoms with Crippen LogP contribution in [0.4, 0.5) is 0 Å². The molecule has 0 unspecified atom stereocenters. The van der Waals surface area contributed by atoms with Gasteiger partial charge in [0.25, 0.3) is 0 Å². The average molecular weight is 250 g/mol. The maximum Gasteiger partial charge on any atom is 0.228 e. The first-order valence-electron chi connectivity index (χ1n) is 4.71. The SMILES string of the molecule is O=S(=O)(CCl)N(Cc1ccco1)C1CC1. The lowest BCUT2D eigenvalue weighted by Crippen LogP contribution is -2.33. The van der Waals surface area contributed by atoms with Crippen LogP contribution in [0.5, 0.6) is 0 Å². The zero-order chi connectivity index (χ0) is 10.9.